The zero-order valence-electron chi connectivity index (χ0n) is 11.8. The molecule has 0 aromatic heterocycles. The minimum absolute atomic E-state index is 0.233. The molecule has 1 aromatic rings. The average molecular weight is 282 g/mol. The molecule has 1 aliphatic rings. The van der Waals surface area contributed by atoms with Gasteiger partial charge < -0.3 is 5.73 Å². The highest BCUT2D eigenvalue weighted by molar-refractivity contribution is 7.89. The van der Waals surface area contributed by atoms with Crippen LogP contribution in [0.1, 0.15) is 32.3 Å². The molecule has 0 spiro atoms. The SMILES string of the molecule is Cc1ccc(N)cc1S(=O)(=O)N1CCC(C)(C)CC1. The maximum Gasteiger partial charge on any atom is 0.243 e. The van der Waals surface area contributed by atoms with Crippen molar-refractivity contribution < 1.29 is 8.42 Å². The third kappa shape index (κ3) is 2.92. The second-order valence-electron chi connectivity index (χ2n) is 6.09. The van der Waals surface area contributed by atoms with E-state index in [0.717, 1.165) is 18.4 Å². The van der Waals surface area contributed by atoms with E-state index in [9.17, 15) is 8.42 Å². The van der Waals surface area contributed by atoms with E-state index in [2.05, 4.69) is 13.8 Å². The van der Waals surface area contributed by atoms with Crippen LogP contribution in [0.2, 0.25) is 0 Å². The van der Waals surface area contributed by atoms with Crippen LogP contribution in [0, 0.1) is 12.3 Å². The molecule has 0 saturated carbocycles. The topological polar surface area (TPSA) is 63.4 Å². The van der Waals surface area contributed by atoms with E-state index < -0.39 is 10.0 Å². The van der Waals surface area contributed by atoms with E-state index in [1.54, 1.807) is 29.4 Å². The molecule has 4 nitrogen and oxygen atoms in total. The lowest BCUT2D eigenvalue weighted by Crippen LogP contribution is -2.41. The summed E-state index contributed by atoms with van der Waals surface area (Å²) in [5, 5.41) is 0. The van der Waals surface area contributed by atoms with E-state index in [1.807, 2.05) is 0 Å². The van der Waals surface area contributed by atoms with Crippen molar-refractivity contribution in [2.45, 2.75) is 38.5 Å². The predicted molar refractivity (Wildman–Crippen MR) is 77.4 cm³/mol. The van der Waals surface area contributed by atoms with Crippen LogP contribution in [-0.2, 0) is 10.0 Å². The van der Waals surface area contributed by atoms with Crippen LogP contribution in [0.15, 0.2) is 23.1 Å². The molecule has 0 aliphatic carbocycles. The lowest BCUT2D eigenvalue weighted by atomic mass is 9.83. The van der Waals surface area contributed by atoms with Gasteiger partial charge in [0.2, 0.25) is 10.0 Å². The summed E-state index contributed by atoms with van der Waals surface area (Å²) in [4.78, 5) is 0.340. The van der Waals surface area contributed by atoms with Gasteiger partial charge in [-0.25, -0.2) is 8.42 Å². The Bertz CT molecular complexity index is 569. The minimum atomic E-state index is -3.41. The van der Waals surface area contributed by atoms with Crippen LogP contribution in [0.5, 0.6) is 0 Å². The first-order valence-electron chi connectivity index (χ1n) is 6.59. The van der Waals surface area contributed by atoms with Gasteiger partial charge in [0.25, 0.3) is 0 Å². The number of piperidine rings is 1. The third-order valence-corrected chi connectivity index (χ3v) is 5.95. The molecule has 0 bridgehead atoms. The summed E-state index contributed by atoms with van der Waals surface area (Å²) in [5.74, 6) is 0. The summed E-state index contributed by atoms with van der Waals surface area (Å²) >= 11 is 0. The Morgan fingerprint density at radius 1 is 1.21 bits per heavy atom. The lowest BCUT2D eigenvalue weighted by Gasteiger charge is -2.36. The summed E-state index contributed by atoms with van der Waals surface area (Å²) in [7, 11) is -3.41. The van der Waals surface area contributed by atoms with Crippen molar-refractivity contribution in [3.63, 3.8) is 0 Å². The summed E-state index contributed by atoms with van der Waals surface area (Å²) in [6.45, 7) is 7.35. The average Bonchev–Trinajstić information content (AvgIpc) is 2.31. The van der Waals surface area contributed by atoms with Crippen LogP contribution in [-0.4, -0.2) is 25.8 Å². The first kappa shape index (κ1) is 14.3. The Kier molecular flexibility index (Phi) is 3.62. The van der Waals surface area contributed by atoms with Crippen LogP contribution in [0.25, 0.3) is 0 Å². The molecule has 1 heterocycles. The number of sulfonamides is 1. The summed E-state index contributed by atoms with van der Waals surface area (Å²) in [6, 6.07) is 5.05. The van der Waals surface area contributed by atoms with Crippen molar-refractivity contribution >= 4 is 15.7 Å². The number of rotatable bonds is 2. The number of anilines is 1. The maximum absolute atomic E-state index is 12.6. The molecule has 0 unspecified atom stereocenters. The number of nitrogen functional groups attached to an aromatic ring is 1. The molecule has 5 heteroatoms. The number of benzene rings is 1. The molecule has 0 atom stereocenters. The van der Waals surface area contributed by atoms with Crippen molar-refractivity contribution in [1.82, 2.24) is 4.31 Å². The van der Waals surface area contributed by atoms with E-state index in [0.29, 0.717) is 23.7 Å². The highest BCUT2D eigenvalue weighted by Crippen LogP contribution is 2.33. The quantitative estimate of drug-likeness (QED) is 0.847. The zero-order chi connectivity index (χ0) is 14.3. The molecular formula is C14H22N2O2S. The van der Waals surface area contributed by atoms with E-state index in [4.69, 9.17) is 5.73 Å². The maximum atomic E-state index is 12.6. The summed E-state index contributed by atoms with van der Waals surface area (Å²) < 4.78 is 26.9. The van der Waals surface area contributed by atoms with Gasteiger partial charge in [-0.15, -0.1) is 0 Å². The lowest BCUT2D eigenvalue weighted by molar-refractivity contribution is 0.196. The van der Waals surface area contributed by atoms with Gasteiger partial charge in [-0.2, -0.15) is 4.31 Å². The van der Waals surface area contributed by atoms with Gasteiger partial charge in [0.15, 0.2) is 0 Å². The molecule has 2 N–H and O–H groups in total. The highest BCUT2D eigenvalue weighted by Gasteiger charge is 2.33. The summed E-state index contributed by atoms with van der Waals surface area (Å²) in [6.07, 6.45) is 1.79. The zero-order valence-corrected chi connectivity index (χ0v) is 12.6. The van der Waals surface area contributed by atoms with Crippen LogP contribution < -0.4 is 5.73 Å². The fraction of sp³-hybridized carbons (Fsp3) is 0.571. The van der Waals surface area contributed by atoms with Crippen molar-refractivity contribution in [1.29, 1.82) is 0 Å². The number of hydrogen-bond donors (Lipinski definition) is 1. The smallest absolute Gasteiger partial charge is 0.243 e. The monoisotopic (exact) mass is 282 g/mol. The second kappa shape index (κ2) is 4.80. The van der Waals surface area contributed by atoms with Crippen LogP contribution >= 0.6 is 0 Å². The van der Waals surface area contributed by atoms with Crippen molar-refractivity contribution in [3.8, 4) is 0 Å². The van der Waals surface area contributed by atoms with Gasteiger partial charge in [0.1, 0.15) is 0 Å². The molecule has 1 saturated heterocycles. The molecule has 106 valence electrons. The Labute approximate surface area is 115 Å². The normalized spacial score (nSPS) is 20.4. The first-order valence-corrected chi connectivity index (χ1v) is 8.03. The number of aryl methyl sites for hydroxylation is 1. The largest absolute Gasteiger partial charge is 0.399 e. The number of nitrogens with zero attached hydrogens (tertiary/aromatic N) is 1. The molecule has 2 rings (SSSR count). The van der Waals surface area contributed by atoms with Gasteiger partial charge >= 0.3 is 0 Å². The van der Waals surface area contributed by atoms with Gasteiger partial charge in [-0.05, 0) is 42.9 Å². The minimum Gasteiger partial charge on any atom is -0.399 e. The standard InChI is InChI=1S/C14H22N2O2S/c1-11-4-5-12(15)10-13(11)19(17,18)16-8-6-14(2,3)7-9-16/h4-5,10H,6-9,15H2,1-3H3. The molecular weight excluding hydrogens is 260 g/mol. The van der Waals surface area contributed by atoms with Crippen molar-refractivity contribution in [3.05, 3.63) is 23.8 Å². The number of nitrogens with two attached hydrogens (primary N) is 1. The Morgan fingerprint density at radius 2 is 1.79 bits per heavy atom. The van der Waals surface area contributed by atoms with E-state index in [-0.39, 0.29) is 5.41 Å². The second-order valence-corrected chi connectivity index (χ2v) is 8.00. The molecule has 0 amide bonds. The molecule has 0 radical (unpaired) electrons. The van der Waals surface area contributed by atoms with Gasteiger partial charge in [-0.1, -0.05) is 19.9 Å². The molecule has 1 fully saturated rings. The first-order chi connectivity index (χ1) is 8.72. The van der Waals surface area contributed by atoms with Crippen LogP contribution in [0.3, 0.4) is 0 Å². The number of hydrogen-bond acceptors (Lipinski definition) is 3. The third-order valence-electron chi connectivity index (χ3n) is 3.91. The fourth-order valence-corrected chi connectivity index (χ4v) is 4.07. The van der Waals surface area contributed by atoms with Crippen molar-refractivity contribution in [2.24, 2.45) is 5.41 Å². The van der Waals surface area contributed by atoms with Gasteiger partial charge in [0.05, 0.1) is 4.90 Å². The van der Waals surface area contributed by atoms with E-state index in [1.165, 1.54) is 0 Å². The Morgan fingerprint density at radius 3 is 2.37 bits per heavy atom. The summed E-state index contributed by atoms with van der Waals surface area (Å²) in [5.41, 5.74) is 7.18. The van der Waals surface area contributed by atoms with Crippen molar-refractivity contribution in [2.75, 3.05) is 18.8 Å². The predicted octanol–water partition coefficient (Wildman–Crippen LogP) is 2.39. The molecule has 1 aromatic carbocycles. The fourth-order valence-electron chi connectivity index (χ4n) is 2.37. The molecule has 1 aliphatic heterocycles. The van der Waals surface area contributed by atoms with Crippen LogP contribution in [0.4, 0.5) is 5.69 Å². The Hall–Kier alpha value is -1.07. The van der Waals surface area contributed by atoms with E-state index >= 15 is 0 Å². The van der Waals surface area contributed by atoms with Gasteiger partial charge in [0, 0.05) is 18.8 Å². The van der Waals surface area contributed by atoms with Gasteiger partial charge in [-0.3, -0.25) is 0 Å². The molecule has 19 heavy (non-hydrogen) atoms. The Balaban J connectivity index is 2.31. The highest BCUT2D eigenvalue weighted by atomic mass is 32.2.